The summed E-state index contributed by atoms with van der Waals surface area (Å²) in [6.07, 6.45) is 0.785. The van der Waals surface area contributed by atoms with E-state index in [9.17, 15) is 13.2 Å². The molecule has 0 radical (unpaired) electrons. The number of halogens is 1. The van der Waals surface area contributed by atoms with Crippen molar-refractivity contribution >= 4 is 49.3 Å². The summed E-state index contributed by atoms with van der Waals surface area (Å²) >= 11 is 5.10. The Morgan fingerprint density at radius 2 is 1.48 bits per heavy atom. The highest BCUT2D eigenvalue weighted by Crippen LogP contribution is 2.25. The minimum atomic E-state index is -3.90. The van der Waals surface area contributed by atoms with E-state index < -0.39 is 10.0 Å². The highest BCUT2D eigenvalue weighted by Gasteiger charge is 2.27. The van der Waals surface area contributed by atoms with Crippen LogP contribution in [0, 0.1) is 13.8 Å². The number of anilines is 1. The lowest BCUT2D eigenvalue weighted by molar-refractivity contribution is -0.119. The fraction of sp³-hybridized carbons (Fsp3) is 0.240. The first-order valence-corrected chi connectivity index (χ1v) is 13.8. The normalized spacial score (nSPS) is 11.2. The molecule has 1 amide bonds. The number of carbonyl (C=O) groups excluding carboxylic acids is 1. The van der Waals surface area contributed by atoms with E-state index in [-0.39, 0.29) is 17.3 Å². The van der Waals surface area contributed by atoms with Crippen molar-refractivity contribution < 1.29 is 13.2 Å². The van der Waals surface area contributed by atoms with Gasteiger partial charge in [-0.25, -0.2) is 8.42 Å². The highest BCUT2D eigenvalue weighted by molar-refractivity contribution is 9.10. The summed E-state index contributed by atoms with van der Waals surface area (Å²) in [4.78, 5) is 14.0. The maximum absolute atomic E-state index is 13.4. The van der Waals surface area contributed by atoms with Crippen LogP contribution < -0.4 is 9.62 Å². The number of nitrogens with one attached hydrogen (secondary N) is 1. The lowest BCUT2D eigenvalue weighted by Crippen LogP contribution is -2.41. The Labute approximate surface area is 208 Å². The second-order valence-electron chi connectivity index (χ2n) is 7.67. The van der Waals surface area contributed by atoms with E-state index in [0.29, 0.717) is 12.2 Å². The zero-order valence-electron chi connectivity index (χ0n) is 18.6. The Morgan fingerprint density at radius 1 is 0.909 bits per heavy atom. The van der Waals surface area contributed by atoms with Gasteiger partial charge in [0.25, 0.3) is 10.0 Å². The number of hydrogen-bond acceptors (Lipinski definition) is 4. The first-order chi connectivity index (χ1) is 15.8. The Balaban J connectivity index is 1.63. The van der Waals surface area contributed by atoms with Gasteiger partial charge in [-0.2, -0.15) is 0 Å². The van der Waals surface area contributed by atoms with Crippen molar-refractivity contribution in [3.05, 3.63) is 88.4 Å². The van der Waals surface area contributed by atoms with Crippen LogP contribution in [-0.2, 0) is 14.8 Å². The number of rotatable bonds is 10. The van der Waals surface area contributed by atoms with E-state index >= 15 is 0 Å². The zero-order chi connectivity index (χ0) is 23.8. The van der Waals surface area contributed by atoms with Gasteiger partial charge in [0.05, 0.1) is 10.6 Å². The van der Waals surface area contributed by atoms with Crippen LogP contribution in [0.2, 0.25) is 0 Å². The first-order valence-electron chi connectivity index (χ1n) is 10.6. The Kier molecular flexibility index (Phi) is 9.00. The molecule has 0 saturated carbocycles. The number of carbonyl (C=O) groups is 1. The SMILES string of the molecule is Cc1ccc(SCCCNC(=O)CN(c2ccc(Br)cc2)S(=O)(=O)c2ccc(C)cc2)cc1. The molecule has 8 heteroatoms. The predicted octanol–water partition coefficient (Wildman–Crippen LogP) is 5.56. The maximum Gasteiger partial charge on any atom is 0.264 e. The molecule has 0 aliphatic rings. The zero-order valence-corrected chi connectivity index (χ0v) is 21.8. The summed E-state index contributed by atoms with van der Waals surface area (Å²) in [5.41, 5.74) is 2.62. The maximum atomic E-state index is 13.4. The van der Waals surface area contributed by atoms with Gasteiger partial charge in [0.15, 0.2) is 0 Å². The molecule has 3 aromatic rings. The molecule has 5 nitrogen and oxygen atoms in total. The lowest BCUT2D eigenvalue weighted by Gasteiger charge is -2.24. The van der Waals surface area contributed by atoms with Crippen molar-refractivity contribution in [2.75, 3.05) is 23.1 Å². The van der Waals surface area contributed by atoms with Gasteiger partial charge in [-0.15, -0.1) is 11.8 Å². The summed E-state index contributed by atoms with van der Waals surface area (Å²) in [6.45, 7) is 4.15. The molecule has 0 atom stereocenters. The highest BCUT2D eigenvalue weighted by atomic mass is 79.9. The van der Waals surface area contributed by atoms with Crippen LogP contribution in [0.4, 0.5) is 5.69 Å². The van der Waals surface area contributed by atoms with Gasteiger partial charge in [-0.3, -0.25) is 9.10 Å². The number of nitrogens with zero attached hydrogens (tertiary/aromatic N) is 1. The van der Waals surface area contributed by atoms with E-state index in [4.69, 9.17) is 0 Å². The molecule has 0 saturated heterocycles. The van der Waals surface area contributed by atoms with Crippen LogP contribution >= 0.6 is 27.7 Å². The van der Waals surface area contributed by atoms with E-state index in [2.05, 4.69) is 52.4 Å². The molecule has 1 N–H and O–H groups in total. The molecule has 0 aromatic heterocycles. The number of thioether (sulfide) groups is 1. The van der Waals surface area contributed by atoms with Crippen LogP contribution in [0.25, 0.3) is 0 Å². The number of hydrogen-bond donors (Lipinski definition) is 1. The number of amides is 1. The molecule has 0 spiro atoms. The van der Waals surface area contributed by atoms with Crippen molar-refractivity contribution in [2.45, 2.75) is 30.1 Å². The summed E-state index contributed by atoms with van der Waals surface area (Å²) in [5, 5.41) is 2.85. The molecule has 0 heterocycles. The van der Waals surface area contributed by atoms with Crippen LogP contribution in [0.5, 0.6) is 0 Å². The minimum absolute atomic E-state index is 0.151. The smallest absolute Gasteiger partial charge is 0.264 e. The Morgan fingerprint density at radius 3 is 2.09 bits per heavy atom. The standard InChI is InChI=1S/C25H27BrN2O3S2/c1-19-4-12-23(13-5-19)32-17-3-16-27-25(29)18-28(22-10-8-21(26)9-11-22)33(30,31)24-14-6-20(2)7-15-24/h4-15H,3,16-18H2,1-2H3,(H,27,29). The Bertz CT molecular complexity index is 1160. The fourth-order valence-corrected chi connectivity index (χ4v) is 5.61. The third-order valence-electron chi connectivity index (χ3n) is 4.94. The van der Waals surface area contributed by atoms with Gasteiger partial charge in [0.1, 0.15) is 6.54 Å². The topological polar surface area (TPSA) is 66.5 Å². The van der Waals surface area contributed by atoms with Gasteiger partial charge in [-0.05, 0) is 74.6 Å². The van der Waals surface area contributed by atoms with Crippen molar-refractivity contribution in [1.82, 2.24) is 5.32 Å². The van der Waals surface area contributed by atoms with Crippen molar-refractivity contribution in [1.29, 1.82) is 0 Å². The largest absolute Gasteiger partial charge is 0.354 e. The van der Waals surface area contributed by atoms with Crippen molar-refractivity contribution in [3.8, 4) is 0 Å². The minimum Gasteiger partial charge on any atom is -0.354 e. The molecular formula is C25H27BrN2O3S2. The molecule has 3 rings (SSSR count). The van der Waals surface area contributed by atoms with Crippen LogP contribution in [-0.4, -0.2) is 33.2 Å². The second-order valence-corrected chi connectivity index (χ2v) is 11.6. The van der Waals surface area contributed by atoms with Gasteiger partial charge in [-0.1, -0.05) is 51.3 Å². The number of benzene rings is 3. The molecule has 33 heavy (non-hydrogen) atoms. The molecule has 0 fully saturated rings. The van der Waals surface area contributed by atoms with Crippen LogP contribution in [0.1, 0.15) is 17.5 Å². The van der Waals surface area contributed by atoms with E-state index in [0.717, 1.165) is 26.5 Å². The van der Waals surface area contributed by atoms with Crippen LogP contribution in [0.15, 0.2) is 87.1 Å². The summed E-state index contributed by atoms with van der Waals surface area (Å²) < 4.78 is 28.7. The molecule has 0 aliphatic carbocycles. The summed E-state index contributed by atoms with van der Waals surface area (Å²) in [5.74, 6) is 0.524. The average Bonchev–Trinajstić information content (AvgIpc) is 2.79. The lowest BCUT2D eigenvalue weighted by atomic mass is 10.2. The predicted molar refractivity (Wildman–Crippen MR) is 139 cm³/mol. The van der Waals surface area contributed by atoms with Gasteiger partial charge >= 0.3 is 0 Å². The van der Waals surface area contributed by atoms with Crippen molar-refractivity contribution in [2.24, 2.45) is 0 Å². The van der Waals surface area contributed by atoms with E-state index in [1.165, 1.54) is 10.5 Å². The average molecular weight is 548 g/mol. The first kappa shape index (κ1) is 25.3. The third kappa shape index (κ3) is 7.35. The van der Waals surface area contributed by atoms with Gasteiger partial charge < -0.3 is 5.32 Å². The molecule has 0 bridgehead atoms. The van der Waals surface area contributed by atoms with Gasteiger partial charge in [0.2, 0.25) is 5.91 Å². The Hall–Kier alpha value is -2.29. The van der Waals surface area contributed by atoms with Gasteiger partial charge in [0, 0.05) is 15.9 Å². The second kappa shape index (κ2) is 11.7. The fourth-order valence-electron chi connectivity index (χ4n) is 3.07. The van der Waals surface area contributed by atoms with E-state index in [1.807, 2.05) is 6.92 Å². The number of sulfonamides is 1. The quantitative estimate of drug-likeness (QED) is 0.267. The van der Waals surface area contributed by atoms with Crippen LogP contribution in [0.3, 0.4) is 0 Å². The molecule has 0 unspecified atom stereocenters. The molecule has 174 valence electrons. The van der Waals surface area contributed by atoms with E-state index in [1.54, 1.807) is 60.3 Å². The molecule has 0 aliphatic heterocycles. The molecular weight excluding hydrogens is 520 g/mol. The number of aryl methyl sites for hydroxylation is 2. The monoisotopic (exact) mass is 546 g/mol. The summed E-state index contributed by atoms with van der Waals surface area (Å²) in [6, 6.07) is 21.8. The summed E-state index contributed by atoms with van der Waals surface area (Å²) in [7, 11) is -3.90. The third-order valence-corrected chi connectivity index (χ3v) is 8.36. The molecule has 3 aromatic carbocycles. The van der Waals surface area contributed by atoms with Crippen molar-refractivity contribution in [3.63, 3.8) is 0 Å².